The van der Waals surface area contributed by atoms with Gasteiger partial charge in [-0.15, -0.1) is 0 Å². The zero-order valence-electron chi connectivity index (χ0n) is 14.0. The number of rotatable bonds is 3. The van der Waals surface area contributed by atoms with Crippen LogP contribution in [-0.2, 0) is 0 Å². The molecule has 0 unspecified atom stereocenters. The molecule has 2 aliphatic heterocycles. The maximum absolute atomic E-state index is 13.1. The van der Waals surface area contributed by atoms with Crippen LogP contribution in [0.15, 0.2) is 18.2 Å². The van der Waals surface area contributed by atoms with E-state index in [0.717, 1.165) is 32.4 Å². The average molecular weight is 318 g/mol. The number of nitrogens with zero attached hydrogens (tertiary/aromatic N) is 1. The second-order valence-electron chi connectivity index (χ2n) is 6.37. The first kappa shape index (κ1) is 16.1. The van der Waals surface area contributed by atoms with Crippen molar-refractivity contribution in [3.63, 3.8) is 0 Å². The molecule has 2 aliphatic rings. The summed E-state index contributed by atoms with van der Waals surface area (Å²) in [7, 11) is 3.21. The second kappa shape index (κ2) is 7.21. The minimum atomic E-state index is 0.0839. The minimum Gasteiger partial charge on any atom is -0.497 e. The van der Waals surface area contributed by atoms with Gasteiger partial charge >= 0.3 is 0 Å². The summed E-state index contributed by atoms with van der Waals surface area (Å²) in [5.74, 6) is 1.39. The van der Waals surface area contributed by atoms with Crippen LogP contribution in [0.1, 0.15) is 42.5 Å². The smallest absolute Gasteiger partial charge is 0.254 e. The SMILES string of the molecule is COc1cc(OC)cc(C(=O)N2CCC[C@H]3NCCCC[C@@H]32)c1. The van der Waals surface area contributed by atoms with Crippen molar-refractivity contribution in [2.75, 3.05) is 27.3 Å². The first-order valence-electron chi connectivity index (χ1n) is 8.50. The van der Waals surface area contributed by atoms with Crippen LogP contribution in [0, 0.1) is 0 Å². The molecule has 5 nitrogen and oxygen atoms in total. The number of amides is 1. The molecular weight excluding hydrogens is 292 g/mol. The van der Waals surface area contributed by atoms with E-state index in [1.165, 1.54) is 12.8 Å². The molecule has 2 saturated heterocycles. The molecule has 1 N–H and O–H groups in total. The van der Waals surface area contributed by atoms with Crippen LogP contribution >= 0.6 is 0 Å². The van der Waals surface area contributed by atoms with Crippen molar-refractivity contribution in [2.45, 2.75) is 44.2 Å². The van der Waals surface area contributed by atoms with Gasteiger partial charge in [0, 0.05) is 30.3 Å². The van der Waals surface area contributed by atoms with Gasteiger partial charge in [-0.05, 0) is 44.4 Å². The monoisotopic (exact) mass is 318 g/mol. The second-order valence-corrected chi connectivity index (χ2v) is 6.37. The molecule has 0 spiro atoms. The summed E-state index contributed by atoms with van der Waals surface area (Å²) in [6.07, 6.45) is 5.68. The molecule has 0 aliphatic carbocycles. The lowest BCUT2D eigenvalue weighted by Gasteiger charge is -2.41. The number of hydrogen-bond acceptors (Lipinski definition) is 4. The predicted octanol–water partition coefficient (Wildman–Crippen LogP) is 2.45. The Labute approximate surface area is 137 Å². The van der Waals surface area contributed by atoms with E-state index in [0.29, 0.717) is 29.1 Å². The molecule has 2 atom stereocenters. The van der Waals surface area contributed by atoms with Gasteiger partial charge < -0.3 is 19.7 Å². The fourth-order valence-electron chi connectivity index (χ4n) is 3.77. The summed E-state index contributed by atoms with van der Waals surface area (Å²) < 4.78 is 10.6. The van der Waals surface area contributed by atoms with Crippen molar-refractivity contribution >= 4 is 5.91 Å². The number of hydrogen-bond donors (Lipinski definition) is 1. The Kier molecular flexibility index (Phi) is 5.06. The molecule has 2 heterocycles. The third-order valence-electron chi connectivity index (χ3n) is 4.97. The van der Waals surface area contributed by atoms with Crippen molar-refractivity contribution in [3.8, 4) is 11.5 Å². The van der Waals surface area contributed by atoms with Crippen LogP contribution in [-0.4, -0.2) is 50.2 Å². The highest BCUT2D eigenvalue weighted by molar-refractivity contribution is 5.95. The molecule has 0 aromatic heterocycles. The summed E-state index contributed by atoms with van der Waals surface area (Å²) in [6, 6.07) is 6.14. The Bertz CT molecular complexity index is 539. The standard InChI is InChI=1S/C18H26N2O3/c1-22-14-10-13(11-15(12-14)23-2)18(21)20-9-5-6-16-17(20)7-3-4-8-19-16/h10-12,16-17,19H,3-9H2,1-2H3/t16-,17+/m1/s1. The number of likely N-dealkylation sites (tertiary alicyclic amines) is 1. The normalized spacial score (nSPS) is 24.5. The molecule has 0 bridgehead atoms. The van der Waals surface area contributed by atoms with E-state index in [1.807, 2.05) is 0 Å². The van der Waals surface area contributed by atoms with Crippen LogP contribution in [0.25, 0.3) is 0 Å². The van der Waals surface area contributed by atoms with Gasteiger partial charge in [0.1, 0.15) is 11.5 Å². The topological polar surface area (TPSA) is 50.8 Å². The fourth-order valence-corrected chi connectivity index (χ4v) is 3.77. The number of benzene rings is 1. The van der Waals surface area contributed by atoms with Gasteiger partial charge in [0.2, 0.25) is 0 Å². The third-order valence-corrected chi connectivity index (χ3v) is 4.97. The van der Waals surface area contributed by atoms with Gasteiger partial charge in [0.15, 0.2) is 0 Å². The van der Waals surface area contributed by atoms with Crippen molar-refractivity contribution < 1.29 is 14.3 Å². The van der Waals surface area contributed by atoms with E-state index in [2.05, 4.69) is 10.2 Å². The van der Waals surface area contributed by atoms with Crippen LogP contribution < -0.4 is 14.8 Å². The van der Waals surface area contributed by atoms with Gasteiger partial charge in [-0.1, -0.05) is 6.42 Å². The molecular formula is C18H26N2O3. The van der Waals surface area contributed by atoms with E-state index in [1.54, 1.807) is 32.4 Å². The summed E-state index contributed by atoms with van der Waals surface area (Å²) >= 11 is 0. The highest BCUT2D eigenvalue weighted by atomic mass is 16.5. The van der Waals surface area contributed by atoms with Gasteiger partial charge in [-0.3, -0.25) is 4.79 Å². The molecule has 0 radical (unpaired) electrons. The fraction of sp³-hybridized carbons (Fsp3) is 0.611. The number of piperidine rings is 1. The minimum absolute atomic E-state index is 0.0839. The van der Waals surface area contributed by atoms with Crippen molar-refractivity contribution in [2.24, 2.45) is 0 Å². The number of fused-ring (bicyclic) bond motifs is 1. The Hall–Kier alpha value is -1.75. The van der Waals surface area contributed by atoms with Crippen LogP contribution in [0.4, 0.5) is 0 Å². The lowest BCUT2D eigenvalue weighted by molar-refractivity contribution is 0.0545. The first-order chi connectivity index (χ1) is 11.2. The highest BCUT2D eigenvalue weighted by Gasteiger charge is 2.35. The summed E-state index contributed by atoms with van der Waals surface area (Å²) in [4.78, 5) is 15.1. The van der Waals surface area contributed by atoms with E-state index in [4.69, 9.17) is 9.47 Å². The van der Waals surface area contributed by atoms with Crippen molar-refractivity contribution in [1.82, 2.24) is 10.2 Å². The molecule has 126 valence electrons. The molecule has 1 amide bonds. The van der Waals surface area contributed by atoms with E-state index < -0.39 is 0 Å². The largest absolute Gasteiger partial charge is 0.497 e. The Morgan fingerprint density at radius 3 is 2.52 bits per heavy atom. The molecule has 3 rings (SSSR count). The van der Waals surface area contributed by atoms with E-state index >= 15 is 0 Å². The predicted molar refractivity (Wildman–Crippen MR) is 89.2 cm³/mol. The zero-order chi connectivity index (χ0) is 16.2. The number of carbonyl (C=O) groups is 1. The number of carbonyl (C=O) groups excluding carboxylic acids is 1. The Morgan fingerprint density at radius 2 is 1.83 bits per heavy atom. The van der Waals surface area contributed by atoms with Crippen molar-refractivity contribution in [3.05, 3.63) is 23.8 Å². The molecule has 0 saturated carbocycles. The van der Waals surface area contributed by atoms with Crippen LogP contribution in [0.5, 0.6) is 11.5 Å². The Morgan fingerprint density at radius 1 is 1.09 bits per heavy atom. The maximum atomic E-state index is 13.1. The quantitative estimate of drug-likeness (QED) is 0.930. The third kappa shape index (κ3) is 3.44. The van der Waals surface area contributed by atoms with E-state index in [9.17, 15) is 4.79 Å². The molecule has 1 aromatic rings. The van der Waals surface area contributed by atoms with E-state index in [-0.39, 0.29) is 5.91 Å². The lowest BCUT2D eigenvalue weighted by Crippen LogP contribution is -2.55. The molecule has 2 fully saturated rings. The number of methoxy groups -OCH3 is 2. The number of ether oxygens (including phenoxy) is 2. The van der Waals surface area contributed by atoms with Crippen molar-refractivity contribution in [1.29, 1.82) is 0 Å². The highest BCUT2D eigenvalue weighted by Crippen LogP contribution is 2.28. The average Bonchev–Trinajstić information content (AvgIpc) is 2.85. The van der Waals surface area contributed by atoms with Crippen LogP contribution in [0.2, 0.25) is 0 Å². The van der Waals surface area contributed by atoms with Gasteiger partial charge in [0.05, 0.1) is 14.2 Å². The summed E-state index contributed by atoms with van der Waals surface area (Å²) in [5.41, 5.74) is 0.645. The van der Waals surface area contributed by atoms with Gasteiger partial charge in [0.25, 0.3) is 5.91 Å². The summed E-state index contributed by atoms with van der Waals surface area (Å²) in [5, 5.41) is 3.62. The molecule has 23 heavy (non-hydrogen) atoms. The van der Waals surface area contributed by atoms with Crippen LogP contribution in [0.3, 0.4) is 0 Å². The van der Waals surface area contributed by atoms with Gasteiger partial charge in [-0.2, -0.15) is 0 Å². The summed E-state index contributed by atoms with van der Waals surface area (Å²) in [6.45, 7) is 1.90. The lowest BCUT2D eigenvalue weighted by atomic mass is 9.92. The molecule has 5 heteroatoms. The Balaban J connectivity index is 1.86. The maximum Gasteiger partial charge on any atom is 0.254 e. The van der Waals surface area contributed by atoms with Gasteiger partial charge in [-0.25, -0.2) is 0 Å². The zero-order valence-corrected chi connectivity index (χ0v) is 14.0. The number of nitrogens with one attached hydrogen (secondary N) is 1. The first-order valence-corrected chi connectivity index (χ1v) is 8.50. The molecule has 1 aromatic carbocycles.